The third-order valence-corrected chi connectivity index (χ3v) is 4.11. The van der Waals surface area contributed by atoms with Crippen molar-refractivity contribution in [2.75, 3.05) is 6.61 Å². The molecule has 132 valence electrons. The van der Waals surface area contributed by atoms with Gasteiger partial charge in [-0.05, 0) is 26.0 Å². The van der Waals surface area contributed by atoms with Gasteiger partial charge in [-0.1, -0.05) is 12.1 Å². The molecule has 0 saturated carbocycles. The number of fused-ring (bicyclic) bond motifs is 1. The van der Waals surface area contributed by atoms with E-state index in [1.807, 2.05) is 18.2 Å². The van der Waals surface area contributed by atoms with Gasteiger partial charge in [-0.2, -0.15) is 14.7 Å². The van der Waals surface area contributed by atoms with Gasteiger partial charge in [0.25, 0.3) is 0 Å². The predicted octanol–water partition coefficient (Wildman–Crippen LogP) is 3.11. The molecule has 0 amide bonds. The Balaban J connectivity index is 1.99. The van der Waals surface area contributed by atoms with Crippen LogP contribution in [-0.2, 0) is 16.1 Å². The predicted molar refractivity (Wildman–Crippen MR) is 93.9 cm³/mol. The topological polar surface area (TPSA) is 118 Å². The van der Waals surface area contributed by atoms with Gasteiger partial charge in [-0.25, -0.2) is 9.97 Å². The molecule has 0 spiro atoms. The minimum absolute atomic E-state index is 0.0602. The van der Waals surface area contributed by atoms with Crippen molar-refractivity contribution in [3.05, 3.63) is 35.9 Å². The fraction of sp³-hybridized carbons (Fsp3) is 0.312. The van der Waals surface area contributed by atoms with Crippen LogP contribution in [0.4, 0.5) is 5.13 Å². The highest BCUT2D eigenvalue weighted by Gasteiger charge is 2.22. The molecule has 1 unspecified atom stereocenters. The minimum Gasteiger partial charge on any atom is -0.465 e. The molecular formula is C16H15N7O2S. The number of para-hydroxylation sites is 2. The zero-order valence-corrected chi connectivity index (χ0v) is 15.0. The van der Waals surface area contributed by atoms with E-state index in [1.165, 1.54) is 0 Å². The highest BCUT2D eigenvalue weighted by Crippen LogP contribution is 2.25. The quantitative estimate of drug-likeness (QED) is 0.486. The number of nitriles is 1. The Bertz CT molecular complexity index is 1000. The number of esters is 1. The highest BCUT2D eigenvalue weighted by atomic mass is 32.1. The van der Waals surface area contributed by atoms with Crippen molar-refractivity contribution in [2.45, 2.75) is 26.4 Å². The van der Waals surface area contributed by atoms with Crippen LogP contribution >= 0.6 is 11.5 Å². The van der Waals surface area contributed by atoms with Gasteiger partial charge in [0.05, 0.1) is 23.7 Å². The van der Waals surface area contributed by atoms with E-state index in [9.17, 15) is 10.1 Å². The zero-order valence-electron chi connectivity index (χ0n) is 14.2. The molecular weight excluding hydrogens is 354 g/mol. The average molecular weight is 369 g/mol. The number of benzene rings is 1. The lowest BCUT2D eigenvalue weighted by Gasteiger charge is -2.09. The van der Waals surface area contributed by atoms with Crippen molar-refractivity contribution in [1.82, 2.24) is 18.9 Å². The maximum atomic E-state index is 12.0. The second-order valence-corrected chi connectivity index (χ2v) is 5.95. The summed E-state index contributed by atoms with van der Waals surface area (Å²) in [5.74, 6) is 0.504. The van der Waals surface area contributed by atoms with Gasteiger partial charge in [0.1, 0.15) is 12.4 Å². The van der Waals surface area contributed by atoms with Crippen molar-refractivity contribution >= 4 is 33.7 Å². The van der Waals surface area contributed by atoms with Crippen LogP contribution in [0.15, 0.2) is 34.5 Å². The van der Waals surface area contributed by atoms with Crippen LogP contribution in [-0.4, -0.2) is 31.5 Å². The van der Waals surface area contributed by atoms with E-state index in [4.69, 9.17) is 4.74 Å². The summed E-state index contributed by atoms with van der Waals surface area (Å²) in [6.07, 6.45) is 0. The molecule has 3 rings (SSSR count). The number of aromatic nitrogens is 4. The lowest BCUT2D eigenvalue weighted by atomic mass is 10.3. The number of carbonyl (C=O) groups is 1. The summed E-state index contributed by atoms with van der Waals surface area (Å²) in [5.41, 5.74) is 1.38. The van der Waals surface area contributed by atoms with Gasteiger partial charge in [-0.3, -0.25) is 4.79 Å². The molecule has 0 aliphatic heterocycles. The molecule has 1 atom stereocenters. The molecule has 1 aromatic carbocycles. The molecule has 2 heterocycles. The zero-order chi connectivity index (χ0) is 18.5. The van der Waals surface area contributed by atoms with Crippen molar-refractivity contribution in [3.63, 3.8) is 0 Å². The second kappa shape index (κ2) is 7.79. The van der Waals surface area contributed by atoms with Crippen molar-refractivity contribution < 1.29 is 9.53 Å². The molecule has 0 aliphatic carbocycles. The number of hydrogen-bond donors (Lipinski definition) is 0. The smallest absolute Gasteiger partial charge is 0.326 e. The molecule has 0 bridgehead atoms. The van der Waals surface area contributed by atoms with Gasteiger partial charge in [0.2, 0.25) is 11.2 Å². The van der Waals surface area contributed by atoms with Crippen LogP contribution in [0.3, 0.4) is 0 Å². The van der Waals surface area contributed by atoms with Crippen LogP contribution in [0.25, 0.3) is 11.0 Å². The number of ether oxygens (including phenoxy) is 1. The summed E-state index contributed by atoms with van der Waals surface area (Å²) in [5, 5.41) is 17.9. The van der Waals surface area contributed by atoms with Crippen molar-refractivity contribution in [1.29, 1.82) is 5.26 Å². The fourth-order valence-corrected chi connectivity index (χ4v) is 2.89. The average Bonchev–Trinajstić information content (AvgIpc) is 3.20. The molecule has 0 aliphatic rings. The first-order valence-corrected chi connectivity index (χ1v) is 8.61. The Morgan fingerprint density at radius 1 is 1.42 bits per heavy atom. The number of imidazole rings is 1. The molecule has 0 radical (unpaired) electrons. The van der Waals surface area contributed by atoms with Crippen LogP contribution in [0.5, 0.6) is 0 Å². The van der Waals surface area contributed by atoms with Crippen LogP contribution in [0, 0.1) is 18.3 Å². The number of aryl methyl sites for hydroxylation is 1. The number of carbonyl (C=O) groups excluding carboxylic acids is 1. The summed E-state index contributed by atoms with van der Waals surface area (Å²) >= 11 is 1.09. The van der Waals surface area contributed by atoms with E-state index in [0.717, 1.165) is 17.0 Å². The van der Waals surface area contributed by atoms with Crippen LogP contribution in [0.2, 0.25) is 0 Å². The van der Waals surface area contributed by atoms with E-state index in [-0.39, 0.29) is 13.2 Å². The van der Waals surface area contributed by atoms with Crippen LogP contribution in [0.1, 0.15) is 24.6 Å². The first-order valence-electron chi connectivity index (χ1n) is 7.84. The molecule has 26 heavy (non-hydrogen) atoms. The molecule has 0 fully saturated rings. The number of azo groups is 1. The van der Waals surface area contributed by atoms with Crippen LogP contribution < -0.4 is 0 Å². The Kier molecular flexibility index (Phi) is 5.28. The summed E-state index contributed by atoms with van der Waals surface area (Å²) in [6.45, 7) is 3.70. The summed E-state index contributed by atoms with van der Waals surface area (Å²) < 4.78 is 10.7. The number of nitrogens with zero attached hydrogens (tertiary/aromatic N) is 7. The highest BCUT2D eigenvalue weighted by molar-refractivity contribution is 7.09. The molecule has 3 aromatic rings. The Morgan fingerprint density at radius 3 is 2.92 bits per heavy atom. The van der Waals surface area contributed by atoms with E-state index in [0.29, 0.717) is 22.3 Å². The maximum absolute atomic E-state index is 12.0. The molecule has 10 heteroatoms. The Labute approximate surface area is 153 Å². The second-order valence-electron chi connectivity index (χ2n) is 5.22. The molecule has 9 nitrogen and oxygen atoms in total. The normalized spacial score (nSPS) is 12.3. The molecule has 2 aromatic heterocycles. The summed E-state index contributed by atoms with van der Waals surface area (Å²) in [6, 6.07) is 8.38. The lowest BCUT2D eigenvalue weighted by Crippen LogP contribution is -2.16. The van der Waals surface area contributed by atoms with E-state index >= 15 is 0 Å². The number of rotatable bonds is 6. The van der Waals surface area contributed by atoms with E-state index in [2.05, 4.69) is 30.6 Å². The molecule has 0 N–H and O–H groups in total. The van der Waals surface area contributed by atoms with Gasteiger partial charge < -0.3 is 9.30 Å². The van der Waals surface area contributed by atoms with Gasteiger partial charge >= 0.3 is 5.97 Å². The molecule has 0 saturated heterocycles. The Morgan fingerprint density at radius 2 is 2.23 bits per heavy atom. The fourth-order valence-electron chi connectivity index (χ4n) is 2.37. The monoisotopic (exact) mass is 369 g/mol. The largest absolute Gasteiger partial charge is 0.465 e. The van der Waals surface area contributed by atoms with E-state index < -0.39 is 12.0 Å². The third-order valence-electron chi connectivity index (χ3n) is 3.42. The van der Waals surface area contributed by atoms with Gasteiger partial charge in [0.15, 0.2) is 5.82 Å². The Hall–Kier alpha value is -3.19. The minimum atomic E-state index is -0.985. The van der Waals surface area contributed by atoms with Gasteiger partial charge in [0, 0.05) is 11.5 Å². The van der Waals surface area contributed by atoms with Gasteiger partial charge in [-0.15, -0.1) is 5.11 Å². The summed E-state index contributed by atoms with van der Waals surface area (Å²) in [7, 11) is 0. The maximum Gasteiger partial charge on any atom is 0.326 e. The lowest BCUT2D eigenvalue weighted by molar-refractivity contribution is -0.143. The third kappa shape index (κ3) is 3.73. The standard InChI is InChI=1S/C16H15N7O2S/c1-3-25-14(24)9-23-13-7-5-4-6-11(13)19-15(23)12(8-17)20-21-16-18-10(2)22-26-16/h4-7,12H,3,9H2,1-2H3/b21-20+. The van der Waals surface area contributed by atoms with Crippen molar-refractivity contribution in [2.24, 2.45) is 10.2 Å². The summed E-state index contributed by atoms with van der Waals surface area (Å²) in [4.78, 5) is 20.5. The van der Waals surface area contributed by atoms with Crippen molar-refractivity contribution in [3.8, 4) is 6.07 Å². The first kappa shape index (κ1) is 17.6. The first-order chi connectivity index (χ1) is 12.6. The SMILES string of the molecule is CCOC(=O)Cn1c(C(C#N)/N=N/c2nc(C)ns2)nc2ccccc21. The number of hydrogen-bond acceptors (Lipinski definition) is 9. The van der Waals surface area contributed by atoms with E-state index in [1.54, 1.807) is 24.5 Å².